The summed E-state index contributed by atoms with van der Waals surface area (Å²) in [5, 5.41) is 0. The first-order valence-corrected chi connectivity index (χ1v) is 6.26. The number of nitrogens with one attached hydrogen (secondary N) is 1. The van der Waals surface area contributed by atoms with Gasteiger partial charge in [0, 0.05) is 32.0 Å². The zero-order valence-electron chi connectivity index (χ0n) is 8.26. The predicted octanol–water partition coefficient (Wildman–Crippen LogP) is -0.226. The normalized spacial score (nSPS) is 20.5. The minimum Gasteiger partial charge on any atom is -0.265 e. The smallest absolute Gasteiger partial charge is 0.265 e. The van der Waals surface area contributed by atoms with Gasteiger partial charge >= 0.3 is 0 Å². The van der Waals surface area contributed by atoms with Crippen molar-refractivity contribution in [3.8, 4) is 0 Å². The molecule has 0 aromatic carbocycles. The first-order chi connectivity index (χ1) is 7.18. The summed E-state index contributed by atoms with van der Waals surface area (Å²) in [6.07, 6.45) is 4.15. The molecule has 0 aliphatic carbocycles. The summed E-state index contributed by atoms with van der Waals surface area (Å²) in [6.45, 7) is 1.60. The monoisotopic (exact) mass is 227 g/mol. The van der Waals surface area contributed by atoms with Crippen LogP contribution in [0, 0.1) is 0 Å². The highest BCUT2D eigenvalue weighted by atomic mass is 32.2. The van der Waals surface area contributed by atoms with E-state index in [2.05, 4.69) is 9.71 Å². The summed E-state index contributed by atoms with van der Waals surface area (Å²) in [6, 6.07) is 3.80. The molecule has 0 unspecified atom stereocenters. The highest BCUT2D eigenvalue weighted by Gasteiger charge is 2.26. The average Bonchev–Trinajstić information content (AvgIpc) is 2.56. The van der Waals surface area contributed by atoms with E-state index in [1.165, 1.54) is 4.31 Å². The largest absolute Gasteiger partial charge is 0.279 e. The van der Waals surface area contributed by atoms with Crippen molar-refractivity contribution in [2.75, 3.05) is 19.6 Å². The Kier molecular flexibility index (Phi) is 2.99. The summed E-state index contributed by atoms with van der Waals surface area (Å²) in [7, 11) is -3.19. The lowest BCUT2D eigenvalue weighted by Crippen LogP contribution is -2.31. The minimum absolute atomic E-state index is 0.513. The lowest BCUT2D eigenvalue weighted by Gasteiger charge is -2.12. The second-order valence-electron chi connectivity index (χ2n) is 3.40. The van der Waals surface area contributed by atoms with E-state index in [1.807, 2.05) is 12.1 Å². The maximum Gasteiger partial charge on any atom is 0.279 e. The van der Waals surface area contributed by atoms with E-state index in [4.69, 9.17) is 0 Å². The third-order valence-electron chi connectivity index (χ3n) is 2.38. The van der Waals surface area contributed by atoms with Crippen molar-refractivity contribution >= 4 is 10.2 Å². The van der Waals surface area contributed by atoms with Crippen LogP contribution >= 0.6 is 0 Å². The van der Waals surface area contributed by atoms with Gasteiger partial charge in [0.2, 0.25) is 0 Å². The Hall–Kier alpha value is -0.980. The first-order valence-electron chi connectivity index (χ1n) is 4.82. The molecule has 1 aliphatic heterocycles. The molecule has 2 rings (SSSR count). The van der Waals surface area contributed by atoms with Gasteiger partial charge in [0.15, 0.2) is 0 Å². The van der Waals surface area contributed by atoms with Crippen LogP contribution in [0.2, 0.25) is 0 Å². The molecule has 1 fully saturated rings. The van der Waals surface area contributed by atoms with Gasteiger partial charge in [-0.25, -0.2) is 4.72 Å². The van der Waals surface area contributed by atoms with Crippen molar-refractivity contribution < 1.29 is 8.42 Å². The Labute approximate surface area is 89.3 Å². The molecule has 6 heteroatoms. The Morgan fingerprint density at radius 1 is 1.40 bits per heavy atom. The van der Waals surface area contributed by atoms with Crippen molar-refractivity contribution in [3.05, 3.63) is 30.1 Å². The van der Waals surface area contributed by atoms with Gasteiger partial charge in [0.25, 0.3) is 10.2 Å². The summed E-state index contributed by atoms with van der Waals surface area (Å²) in [4.78, 5) is 3.91. The van der Waals surface area contributed by atoms with Crippen LogP contribution in [-0.2, 0) is 16.6 Å². The van der Waals surface area contributed by atoms with E-state index in [9.17, 15) is 8.42 Å². The molecule has 0 saturated carbocycles. The summed E-state index contributed by atoms with van der Waals surface area (Å²) in [5.41, 5.74) is 1.10. The Morgan fingerprint density at radius 3 is 2.73 bits per heavy atom. The van der Waals surface area contributed by atoms with Crippen molar-refractivity contribution in [1.29, 1.82) is 0 Å². The van der Waals surface area contributed by atoms with Crippen molar-refractivity contribution in [3.63, 3.8) is 0 Å². The molecule has 82 valence electrons. The number of pyridine rings is 1. The molecule has 1 N–H and O–H groups in total. The maximum absolute atomic E-state index is 11.4. The van der Waals surface area contributed by atoms with Crippen molar-refractivity contribution in [2.45, 2.75) is 6.42 Å². The molecule has 1 saturated heterocycles. The van der Waals surface area contributed by atoms with Gasteiger partial charge < -0.3 is 0 Å². The molecule has 5 nitrogen and oxygen atoms in total. The van der Waals surface area contributed by atoms with Crippen LogP contribution in [-0.4, -0.2) is 37.3 Å². The van der Waals surface area contributed by atoms with Gasteiger partial charge in [-0.1, -0.05) is 0 Å². The summed E-state index contributed by atoms with van der Waals surface area (Å²) < 4.78 is 26.7. The minimum atomic E-state index is -3.19. The van der Waals surface area contributed by atoms with Crippen LogP contribution in [0.15, 0.2) is 24.5 Å². The van der Waals surface area contributed by atoms with Gasteiger partial charge in [0.05, 0.1) is 0 Å². The van der Waals surface area contributed by atoms with E-state index >= 15 is 0 Å². The fourth-order valence-electron chi connectivity index (χ4n) is 1.55. The topological polar surface area (TPSA) is 62.3 Å². The lowest BCUT2D eigenvalue weighted by atomic mass is 10.2. The standard InChI is InChI=1S/C9H13N3O2S/c13-15(14)11-6-8-12(15)7-3-9-1-4-10-5-2-9/h1-2,4-5,11H,3,6-8H2. The van der Waals surface area contributed by atoms with Crippen molar-refractivity contribution in [2.24, 2.45) is 0 Å². The second-order valence-corrected chi connectivity index (χ2v) is 5.16. The Morgan fingerprint density at radius 2 is 2.13 bits per heavy atom. The van der Waals surface area contributed by atoms with Crippen LogP contribution in [0.4, 0.5) is 0 Å². The van der Waals surface area contributed by atoms with E-state index < -0.39 is 10.2 Å². The molecule has 0 radical (unpaired) electrons. The molecular formula is C9H13N3O2S. The fraction of sp³-hybridized carbons (Fsp3) is 0.444. The molecule has 0 bridgehead atoms. The van der Waals surface area contributed by atoms with Crippen LogP contribution in [0.3, 0.4) is 0 Å². The molecule has 0 spiro atoms. The third-order valence-corrected chi connectivity index (χ3v) is 4.00. The highest BCUT2D eigenvalue weighted by Crippen LogP contribution is 2.06. The quantitative estimate of drug-likeness (QED) is 0.776. The molecule has 2 heterocycles. The molecule has 15 heavy (non-hydrogen) atoms. The number of hydrogen-bond donors (Lipinski definition) is 1. The summed E-state index contributed by atoms with van der Waals surface area (Å²) >= 11 is 0. The Bertz CT molecular complexity index is 418. The van der Waals surface area contributed by atoms with Gasteiger partial charge in [-0.3, -0.25) is 4.98 Å². The molecule has 1 aromatic heterocycles. The number of aromatic nitrogens is 1. The first kappa shape index (κ1) is 10.5. The fourth-order valence-corrected chi connectivity index (χ4v) is 2.74. The number of rotatable bonds is 3. The zero-order valence-corrected chi connectivity index (χ0v) is 9.07. The van der Waals surface area contributed by atoms with E-state index in [0.29, 0.717) is 19.6 Å². The maximum atomic E-state index is 11.4. The zero-order chi connectivity index (χ0) is 10.7. The van der Waals surface area contributed by atoms with E-state index in [0.717, 1.165) is 12.0 Å². The Balaban J connectivity index is 1.94. The second kappa shape index (κ2) is 4.26. The number of hydrogen-bond acceptors (Lipinski definition) is 3. The highest BCUT2D eigenvalue weighted by molar-refractivity contribution is 7.87. The summed E-state index contributed by atoms with van der Waals surface area (Å²) in [5.74, 6) is 0. The lowest BCUT2D eigenvalue weighted by molar-refractivity contribution is 0.453. The van der Waals surface area contributed by atoms with Crippen LogP contribution < -0.4 is 4.72 Å². The predicted molar refractivity (Wildman–Crippen MR) is 56.4 cm³/mol. The third kappa shape index (κ3) is 2.53. The molecular weight excluding hydrogens is 214 g/mol. The van der Waals surface area contributed by atoms with Gasteiger partial charge in [-0.2, -0.15) is 12.7 Å². The number of nitrogens with zero attached hydrogens (tertiary/aromatic N) is 2. The van der Waals surface area contributed by atoms with Gasteiger partial charge in [-0.05, 0) is 24.1 Å². The average molecular weight is 227 g/mol. The van der Waals surface area contributed by atoms with Gasteiger partial charge in [-0.15, -0.1) is 0 Å². The van der Waals surface area contributed by atoms with Crippen LogP contribution in [0.25, 0.3) is 0 Å². The van der Waals surface area contributed by atoms with Crippen LogP contribution in [0.5, 0.6) is 0 Å². The van der Waals surface area contributed by atoms with Gasteiger partial charge in [0.1, 0.15) is 0 Å². The van der Waals surface area contributed by atoms with Crippen molar-refractivity contribution in [1.82, 2.24) is 14.0 Å². The van der Waals surface area contributed by atoms with E-state index in [-0.39, 0.29) is 0 Å². The van der Waals surface area contributed by atoms with E-state index in [1.54, 1.807) is 12.4 Å². The molecule has 1 aliphatic rings. The molecule has 1 aromatic rings. The molecule has 0 amide bonds. The van der Waals surface area contributed by atoms with Crippen LogP contribution in [0.1, 0.15) is 5.56 Å². The SMILES string of the molecule is O=S1(=O)NCCN1CCc1ccncc1. The molecule has 0 atom stereocenters.